The molecule has 4 heterocycles. The Bertz CT molecular complexity index is 1300. The van der Waals surface area contributed by atoms with Gasteiger partial charge in [0.15, 0.2) is 0 Å². The number of hydrogen-bond acceptors (Lipinski definition) is 4. The Balaban J connectivity index is 1.37. The van der Waals surface area contributed by atoms with Crippen molar-refractivity contribution < 1.29 is 14.4 Å². The fraction of sp³-hybridized carbons (Fsp3) is 0.296. The molecule has 3 amide bonds. The van der Waals surface area contributed by atoms with E-state index in [1.54, 1.807) is 33.3 Å². The minimum absolute atomic E-state index is 0.0112. The topological polar surface area (TPSA) is 60.9 Å². The van der Waals surface area contributed by atoms with Gasteiger partial charge in [0, 0.05) is 17.8 Å². The lowest BCUT2D eigenvalue weighted by molar-refractivity contribution is -0.135. The van der Waals surface area contributed by atoms with Crippen LogP contribution < -0.4 is 4.90 Å². The van der Waals surface area contributed by atoms with E-state index < -0.39 is 5.66 Å². The number of amides is 3. The molecule has 0 saturated carbocycles. The summed E-state index contributed by atoms with van der Waals surface area (Å²) in [5.74, 6) is -0.302. The molecule has 3 aliphatic heterocycles. The summed E-state index contributed by atoms with van der Waals surface area (Å²) in [5, 5.41) is 2.09. The lowest BCUT2D eigenvalue weighted by Gasteiger charge is -2.49. The first-order valence-electron chi connectivity index (χ1n) is 11.6. The van der Waals surface area contributed by atoms with Gasteiger partial charge in [-0.1, -0.05) is 42.5 Å². The number of hydrogen-bond donors (Lipinski definition) is 0. The van der Waals surface area contributed by atoms with E-state index in [-0.39, 0.29) is 30.3 Å². The van der Waals surface area contributed by atoms with Crippen molar-refractivity contribution in [2.24, 2.45) is 0 Å². The van der Waals surface area contributed by atoms with Crippen LogP contribution in [-0.2, 0) is 16.0 Å². The van der Waals surface area contributed by atoms with E-state index in [2.05, 4.69) is 23.6 Å². The lowest BCUT2D eigenvalue weighted by atomic mass is 9.93. The number of carbonyl (C=O) groups is 3. The van der Waals surface area contributed by atoms with Crippen molar-refractivity contribution in [2.75, 3.05) is 18.0 Å². The summed E-state index contributed by atoms with van der Waals surface area (Å²) in [4.78, 5) is 46.9. The van der Waals surface area contributed by atoms with Gasteiger partial charge in [0.2, 0.25) is 11.8 Å². The monoisotopic (exact) mass is 471 g/mol. The molecule has 6 nitrogen and oxygen atoms in total. The van der Waals surface area contributed by atoms with Gasteiger partial charge in [-0.15, -0.1) is 11.3 Å². The van der Waals surface area contributed by atoms with Crippen LogP contribution in [-0.4, -0.2) is 46.3 Å². The number of anilines is 1. The second kappa shape index (κ2) is 7.81. The Morgan fingerprint density at radius 1 is 1.03 bits per heavy atom. The molecular weight excluding hydrogens is 446 g/mol. The molecule has 2 aromatic carbocycles. The second-order valence-corrected chi connectivity index (χ2v) is 10.3. The third-order valence-corrected chi connectivity index (χ3v) is 8.44. The first-order valence-corrected chi connectivity index (χ1v) is 12.5. The van der Waals surface area contributed by atoms with E-state index in [1.807, 2.05) is 42.2 Å². The van der Waals surface area contributed by atoms with E-state index in [0.717, 1.165) is 17.5 Å². The molecule has 1 fully saturated rings. The number of nitrogens with zero attached hydrogens (tertiary/aromatic N) is 3. The van der Waals surface area contributed by atoms with Gasteiger partial charge in [-0.05, 0) is 54.5 Å². The van der Waals surface area contributed by atoms with Gasteiger partial charge in [-0.25, -0.2) is 0 Å². The van der Waals surface area contributed by atoms with Crippen LogP contribution in [0, 0.1) is 0 Å². The largest absolute Gasteiger partial charge is 0.330 e. The summed E-state index contributed by atoms with van der Waals surface area (Å²) < 4.78 is 0. The van der Waals surface area contributed by atoms with Crippen LogP contribution in [0.3, 0.4) is 0 Å². The van der Waals surface area contributed by atoms with Crippen LogP contribution >= 0.6 is 11.3 Å². The van der Waals surface area contributed by atoms with E-state index in [1.165, 1.54) is 4.88 Å². The first-order chi connectivity index (χ1) is 16.5. The lowest BCUT2D eigenvalue weighted by Crippen LogP contribution is -2.64. The van der Waals surface area contributed by atoms with Crippen molar-refractivity contribution in [2.45, 2.75) is 37.9 Å². The summed E-state index contributed by atoms with van der Waals surface area (Å²) in [6.45, 7) is 2.45. The quantitative estimate of drug-likeness (QED) is 0.575. The Labute approximate surface area is 202 Å². The summed E-state index contributed by atoms with van der Waals surface area (Å²) in [7, 11) is 0. The Morgan fingerprint density at radius 3 is 2.62 bits per heavy atom. The predicted molar refractivity (Wildman–Crippen MR) is 131 cm³/mol. The fourth-order valence-electron chi connectivity index (χ4n) is 5.75. The van der Waals surface area contributed by atoms with E-state index in [9.17, 15) is 14.4 Å². The van der Waals surface area contributed by atoms with Crippen LogP contribution in [0.25, 0.3) is 0 Å². The molecule has 2 atom stereocenters. The average molecular weight is 472 g/mol. The summed E-state index contributed by atoms with van der Waals surface area (Å²) >= 11 is 1.73. The first kappa shape index (κ1) is 21.1. The maximum absolute atomic E-state index is 13.9. The zero-order chi connectivity index (χ0) is 23.4. The minimum Gasteiger partial charge on any atom is -0.330 e. The van der Waals surface area contributed by atoms with Crippen molar-refractivity contribution in [3.05, 3.63) is 87.6 Å². The van der Waals surface area contributed by atoms with E-state index >= 15 is 0 Å². The van der Waals surface area contributed by atoms with Gasteiger partial charge in [0.25, 0.3) is 5.91 Å². The molecule has 2 unspecified atom stereocenters. The smallest absolute Gasteiger partial charge is 0.258 e. The zero-order valence-electron chi connectivity index (χ0n) is 18.9. The van der Waals surface area contributed by atoms with E-state index in [4.69, 9.17) is 0 Å². The number of thiophene rings is 1. The highest BCUT2D eigenvalue weighted by Gasteiger charge is 2.53. The molecule has 7 heteroatoms. The SMILES string of the molecule is CC12CCC(=O)N1c1ccccc1C(=O)N2CC(=O)N1CCc2sccc2C1c1ccccc1. The molecule has 0 radical (unpaired) electrons. The maximum atomic E-state index is 13.9. The van der Waals surface area contributed by atoms with E-state index in [0.29, 0.717) is 30.6 Å². The second-order valence-electron chi connectivity index (χ2n) is 9.30. The van der Waals surface area contributed by atoms with Gasteiger partial charge in [-0.3, -0.25) is 19.3 Å². The Kier molecular flexibility index (Phi) is 4.85. The average Bonchev–Trinajstić information content (AvgIpc) is 3.46. The van der Waals surface area contributed by atoms with Crippen molar-refractivity contribution >= 4 is 34.7 Å². The molecule has 3 aliphatic rings. The van der Waals surface area contributed by atoms with Gasteiger partial charge in [-0.2, -0.15) is 0 Å². The zero-order valence-corrected chi connectivity index (χ0v) is 19.8. The molecule has 0 aliphatic carbocycles. The highest BCUT2D eigenvalue weighted by Crippen LogP contribution is 2.44. The van der Waals surface area contributed by atoms with Crippen molar-refractivity contribution in [3.8, 4) is 0 Å². The molecular formula is C27H25N3O3S. The highest BCUT2D eigenvalue weighted by atomic mass is 32.1. The number of fused-ring (bicyclic) bond motifs is 4. The number of para-hydroxylation sites is 1. The Morgan fingerprint density at radius 2 is 1.79 bits per heavy atom. The van der Waals surface area contributed by atoms with Crippen LogP contribution in [0.15, 0.2) is 66.0 Å². The van der Waals surface area contributed by atoms with Crippen LogP contribution in [0.5, 0.6) is 0 Å². The molecule has 3 aromatic rings. The number of carbonyl (C=O) groups excluding carboxylic acids is 3. The molecule has 0 N–H and O–H groups in total. The summed E-state index contributed by atoms with van der Waals surface area (Å²) in [6.07, 6.45) is 1.67. The van der Waals surface area contributed by atoms with Crippen molar-refractivity contribution in [1.82, 2.24) is 9.80 Å². The maximum Gasteiger partial charge on any atom is 0.258 e. The third kappa shape index (κ3) is 3.03. The normalized spacial score (nSPS) is 23.6. The molecule has 1 saturated heterocycles. The molecule has 0 bridgehead atoms. The summed E-state index contributed by atoms with van der Waals surface area (Å²) in [5.41, 5.74) is 2.50. The third-order valence-electron chi connectivity index (χ3n) is 7.44. The molecule has 172 valence electrons. The predicted octanol–water partition coefficient (Wildman–Crippen LogP) is 4.22. The van der Waals surface area contributed by atoms with Gasteiger partial charge in [0.05, 0.1) is 17.3 Å². The van der Waals surface area contributed by atoms with Crippen molar-refractivity contribution in [3.63, 3.8) is 0 Å². The fourth-order valence-corrected chi connectivity index (χ4v) is 6.65. The Hall–Kier alpha value is -3.45. The molecule has 1 aromatic heterocycles. The molecule has 0 spiro atoms. The molecule has 34 heavy (non-hydrogen) atoms. The molecule has 6 rings (SSSR count). The van der Waals surface area contributed by atoms with Crippen LogP contribution in [0.4, 0.5) is 5.69 Å². The minimum atomic E-state index is -0.844. The standard InChI is InChI=1S/C27H25N3O3S/c1-27-14-11-23(31)30(27)21-10-6-5-9-19(21)26(33)29(27)17-24(32)28-15-12-22-20(13-16-34-22)25(28)18-7-3-2-4-8-18/h2-10,13,16,25H,11-12,14-15,17H2,1H3. The number of rotatable bonds is 3. The van der Waals surface area contributed by atoms with Gasteiger partial charge < -0.3 is 9.80 Å². The van der Waals surface area contributed by atoms with Crippen molar-refractivity contribution in [1.29, 1.82) is 0 Å². The summed E-state index contributed by atoms with van der Waals surface area (Å²) in [6, 6.07) is 19.2. The number of benzene rings is 2. The van der Waals surface area contributed by atoms with Gasteiger partial charge in [0.1, 0.15) is 12.2 Å². The van der Waals surface area contributed by atoms with Crippen LogP contribution in [0.1, 0.15) is 52.2 Å². The van der Waals surface area contributed by atoms with Gasteiger partial charge >= 0.3 is 0 Å². The highest BCUT2D eigenvalue weighted by molar-refractivity contribution is 7.10. The van der Waals surface area contributed by atoms with Crippen LogP contribution in [0.2, 0.25) is 0 Å².